The van der Waals surface area contributed by atoms with E-state index < -0.39 is 12.3 Å². The minimum Gasteiger partial charge on any atom is -0.382 e. The molecule has 1 aliphatic rings. The highest BCUT2D eigenvalue weighted by Gasteiger charge is 2.39. The summed E-state index contributed by atoms with van der Waals surface area (Å²) < 4.78 is 37.4. The largest absolute Gasteiger partial charge is 0.415 e. The summed E-state index contributed by atoms with van der Waals surface area (Å²) in [5.41, 5.74) is 1.24. The van der Waals surface area contributed by atoms with Gasteiger partial charge in [0.25, 0.3) is 0 Å². The van der Waals surface area contributed by atoms with Gasteiger partial charge >= 0.3 is 6.18 Å². The number of alkyl halides is 3. The minimum absolute atomic E-state index is 0.321. The molecule has 1 N–H and O–H groups in total. The molecule has 1 saturated heterocycles. The Kier molecular flexibility index (Phi) is 6.44. The first kappa shape index (κ1) is 18.2. The lowest BCUT2D eigenvalue weighted by molar-refractivity contribution is -0.208. The van der Waals surface area contributed by atoms with Crippen molar-refractivity contribution in [1.82, 2.24) is 9.80 Å². The van der Waals surface area contributed by atoms with Crippen LogP contribution in [0.15, 0.2) is 30.3 Å². The van der Waals surface area contributed by atoms with Gasteiger partial charge in [0.15, 0.2) is 6.10 Å². The molecule has 1 aromatic rings. The Labute approximate surface area is 135 Å². The van der Waals surface area contributed by atoms with E-state index in [1.165, 1.54) is 5.56 Å². The van der Waals surface area contributed by atoms with E-state index in [9.17, 15) is 18.3 Å². The van der Waals surface area contributed by atoms with Crippen LogP contribution in [0, 0.1) is 0 Å². The highest BCUT2D eigenvalue weighted by Crippen LogP contribution is 2.23. The maximum Gasteiger partial charge on any atom is 0.415 e. The molecular formula is C17H25F3N2O. The molecule has 0 aromatic heterocycles. The van der Waals surface area contributed by atoms with Crippen LogP contribution in [0.3, 0.4) is 0 Å². The average molecular weight is 330 g/mol. The summed E-state index contributed by atoms with van der Waals surface area (Å²) in [6.45, 7) is 1.73. The molecule has 2 rings (SSSR count). The second-order valence-electron chi connectivity index (χ2n) is 6.34. The van der Waals surface area contributed by atoms with Crippen LogP contribution in [0.5, 0.6) is 0 Å². The Balaban J connectivity index is 1.83. The fourth-order valence-electron chi connectivity index (χ4n) is 3.11. The van der Waals surface area contributed by atoms with E-state index in [1.54, 1.807) is 4.90 Å². The third-order valence-electron chi connectivity index (χ3n) is 4.50. The third-order valence-corrected chi connectivity index (χ3v) is 4.50. The van der Waals surface area contributed by atoms with Crippen LogP contribution in [0.25, 0.3) is 0 Å². The van der Waals surface area contributed by atoms with E-state index in [4.69, 9.17) is 0 Å². The lowest BCUT2D eigenvalue weighted by Gasteiger charge is -2.28. The second-order valence-corrected chi connectivity index (χ2v) is 6.34. The first-order valence-corrected chi connectivity index (χ1v) is 8.07. The van der Waals surface area contributed by atoms with Crippen molar-refractivity contribution in [2.45, 2.75) is 44.1 Å². The molecule has 0 spiro atoms. The standard InChI is InChI=1S/C17H25F3N2O/c1-21(12-14-6-3-2-4-7-14)15-8-5-10-22(11-9-15)13-16(23)17(18,19)20/h2-4,6-7,15-16,23H,5,8-13H2,1H3. The molecule has 0 saturated carbocycles. The van der Waals surface area contributed by atoms with Crippen molar-refractivity contribution < 1.29 is 18.3 Å². The maximum absolute atomic E-state index is 12.5. The van der Waals surface area contributed by atoms with Gasteiger partial charge in [-0.3, -0.25) is 4.90 Å². The lowest BCUT2D eigenvalue weighted by atomic mass is 10.1. The van der Waals surface area contributed by atoms with Gasteiger partial charge in [0.1, 0.15) is 0 Å². The molecule has 0 amide bonds. The van der Waals surface area contributed by atoms with Crippen LogP contribution in [-0.4, -0.2) is 59.9 Å². The predicted molar refractivity (Wildman–Crippen MR) is 84.0 cm³/mol. The molecular weight excluding hydrogens is 305 g/mol. The van der Waals surface area contributed by atoms with E-state index in [2.05, 4.69) is 24.1 Å². The van der Waals surface area contributed by atoms with Crippen LogP contribution in [0.2, 0.25) is 0 Å². The average Bonchev–Trinajstić information content (AvgIpc) is 2.73. The van der Waals surface area contributed by atoms with Gasteiger partial charge in [-0.25, -0.2) is 0 Å². The number of aliphatic hydroxyl groups excluding tert-OH is 1. The van der Waals surface area contributed by atoms with Crippen molar-refractivity contribution in [1.29, 1.82) is 0 Å². The van der Waals surface area contributed by atoms with E-state index in [0.29, 0.717) is 19.1 Å². The summed E-state index contributed by atoms with van der Waals surface area (Å²) in [6, 6.07) is 10.5. The summed E-state index contributed by atoms with van der Waals surface area (Å²) in [4.78, 5) is 4.01. The van der Waals surface area contributed by atoms with Crippen LogP contribution in [-0.2, 0) is 6.54 Å². The van der Waals surface area contributed by atoms with Gasteiger partial charge in [-0.2, -0.15) is 13.2 Å². The Hall–Kier alpha value is -1.11. The predicted octanol–water partition coefficient (Wildman–Crippen LogP) is 2.90. The van der Waals surface area contributed by atoms with Gasteiger partial charge in [0.05, 0.1) is 0 Å². The summed E-state index contributed by atoms with van der Waals surface area (Å²) in [5, 5.41) is 9.22. The molecule has 2 unspecified atom stereocenters. The fraction of sp³-hybridized carbons (Fsp3) is 0.647. The highest BCUT2D eigenvalue weighted by molar-refractivity contribution is 5.14. The van der Waals surface area contributed by atoms with Crippen molar-refractivity contribution in [3.63, 3.8) is 0 Å². The minimum atomic E-state index is -4.53. The molecule has 1 fully saturated rings. The number of hydrogen-bond donors (Lipinski definition) is 1. The van der Waals surface area contributed by atoms with Crippen LogP contribution >= 0.6 is 0 Å². The summed E-state index contributed by atoms with van der Waals surface area (Å²) in [5.74, 6) is 0. The van der Waals surface area contributed by atoms with E-state index in [0.717, 1.165) is 25.8 Å². The van der Waals surface area contributed by atoms with E-state index >= 15 is 0 Å². The molecule has 0 radical (unpaired) electrons. The fourth-order valence-corrected chi connectivity index (χ4v) is 3.11. The van der Waals surface area contributed by atoms with Crippen LogP contribution in [0.4, 0.5) is 13.2 Å². The van der Waals surface area contributed by atoms with Gasteiger partial charge in [-0.1, -0.05) is 30.3 Å². The first-order valence-electron chi connectivity index (χ1n) is 8.07. The molecule has 1 aromatic carbocycles. The maximum atomic E-state index is 12.5. The normalized spacial score (nSPS) is 22.1. The highest BCUT2D eigenvalue weighted by atomic mass is 19.4. The number of β-amino-alcohol motifs (C(OH)–C–C–N with tert-alkyl or cyclic N) is 1. The zero-order valence-corrected chi connectivity index (χ0v) is 13.5. The van der Waals surface area contributed by atoms with Crippen molar-refractivity contribution in [3.8, 4) is 0 Å². The zero-order valence-electron chi connectivity index (χ0n) is 13.5. The number of halogens is 3. The zero-order chi connectivity index (χ0) is 16.9. The Morgan fingerprint density at radius 3 is 2.57 bits per heavy atom. The SMILES string of the molecule is CN(Cc1ccccc1)C1CCCN(CC(O)C(F)(F)F)CC1. The number of benzene rings is 1. The van der Waals surface area contributed by atoms with E-state index in [1.807, 2.05) is 18.2 Å². The summed E-state index contributed by atoms with van der Waals surface area (Å²) in [6.07, 6.45) is -4.12. The number of hydrogen-bond acceptors (Lipinski definition) is 3. The van der Waals surface area contributed by atoms with Gasteiger partial charge in [-0.05, 0) is 45.0 Å². The van der Waals surface area contributed by atoms with E-state index in [-0.39, 0.29) is 6.54 Å². The van der Waals surface area contributed by atoms with Crippen molar-refractivity contribution in [2.75, 3.05) is 26.7 Å². The van der Waals surface area contributed by atoms with Gasteiger partial charge in [0, 0.05) is 19.1 Å². The van der Waals surface area contributed by atoms with Crippen molar-refractivity contribution >= 4 is 0 Å². The number of nitrogens with zero attached hydrogens (tertiary/aromatic N) is 2. The first-order chi connectivity index (χ1) is 10.9. The second kappa shape index (κ2) is 8.13. The molecule has 0 bridgehead atoms. The number of aliphatic hydroxyl groups is 1. The summed E-state index contributed by atoms with van der Waals surface area (Å²) in [7, 11) is 2.07. The molecule has 23 heavy (non-hydrogen) atoms. The topological polar surface area (TPSA) is 26.7 Å². The van der Waals surface area contributed by atoms with Crippen LogP contribution < -0.4 is 0 Å². The molecule has 0 aliphatic carbocycles. The Bertz CT molecular complexity index is 467. The van der Waals surface area contributed by atoms with Crippen molar-refractivity contribution in [3.05, 3.63) is 35.9 Å². The van der Waals surface area contributed by atoms with Crippen molar-refractivity contribution in [2.24, 2.45) is 0 Å². The number of likely N-dealkylation sites (tertiary alicyclic amines) is 1. The molecule has 130 valence electrons. The number of rotatable bonds is 5. The molecule has 1 aliphatic heterocycles. The smallest absolute Gasteiger partial charge is 0.382 e. The Morgan fingerprint density at radius 1 is 1.22 bits per heavy atom. The Morgan fingerprint density at radius 2 is 1.91 bits per heavy atom. The molecule has 3 nitrogen and oxygen atoms in total. The summed E-state index contributed by atoms with van der Waals surface area (Å²) >= 11 is 0. The quantitative estimate of drug-likeness (QED) is 0.899. The van der Waals surface area contributed by atoms with Crippen LogP contribution in [0.1, 0.15) is 24.8 Å². The van der Waals surface area contributed by atoms with Gasteiger partial charge in [0.2, 0.25) is 0 Å². The lowest BCUT2D eigenvalue weighted by Crippen LogP contribution is -2.41. The molecule has 6 heteroatoms. The monoisotopic (exact) mass is 330 g/mol. The van der Waals surface area contributed by atoms with Gasteiger partial charge in [-0.15, -0.1) is 0 Å². The molecule has 1 heterocycles. The molecule has 2 atom stereocenters. The van der Waals surface area contributed by atoms with Gasteiger partial charge < -0.3 is 10.0 Å². The third kappa shape index (κ3) is 5.79.